The number of aromatic nitrogens is 2. The van der Waals surface area contributed by atoms with Gasteiger partial charge in [-0.1, -0.05) is 45.0 Å². The van der Waals surface area contributed by atoms with Gasteiger partial charge in [0.25, 0.3) is 11.8 Å². The van der Waals surface area contributed by atoms with E-state index in [0.717, 1.165) is 27.4 Å². The summed E-state index contributed by atoms with van der Waals surface area (Å²) < 4.78 is 10.9. The maximum Gasteiger partial charge on any atom is 0.262 e. The van der Waals surface area contributed by atoms with Crippen molar-refractivity contribution in [2.75, 3.05) is 14.2 Å². The van der Waals surface area contributed by atoms with E-state index in [1.807, 2.05) is 48.5 Å². The molecule has 1 aliphatic rings. The van der Waals surface area contributed by atoms with Gasteiger partial charge in [-0.05, 0) is 52.9 Å². The molecule has 0 aliphatic carbocycles. The van der Waals surface area contributed by atoms with Crippen LogP contribution in [0.4, 0.5) is 0 Å². The molecule has 7 nitrogen and oxygen atoms in total. The molecule has 3 heterocycles. The number of nitrogens with one attached hydrogen (secondary N) is 2. The van der Waals surface area contributed by atoms with Crippen LogP contribution in [-0.2, 0) is 21.5 Å². The van der Waals surface area contributed by atoms with E-state index in [2.05, 4.69) is 42.9 Å². The number of amides is 2. The molecule has 0 radical (unpaired) electrons. The lowest BCUT2D eigenvalue weighted by Gasteiger charge is -2.20. The molecule has 0 saturated carbocycles. The number of methoxy groups -OCH3 is 2. The molecule has 7 heteroatoms. The molecule has 202 valence electrons. The maximum atomic E-state index is 14.2. The van der Waals surface area contributed by atoms with Gasteiger partial charge in [0.15, 0.2) is 0 Å². The van der Waals surface area contributed by atoms with Gasteiger partial charge in [0.05, 0.1) is 31.9 Å². The Kier molecular flexibility index (Phi) is 6.02. The van der Waals surface area contributed by atoms with Crippen molar-refractivity contribution in [1.82, 2.24) is 14.9 Å². The van der Waals surface area contributed by atoms with Gasteiger partial charge in [0, 0.05) is 45.3 Å². The largest absolute Gasteiger partial charge is 0.497 e. The highest BCUT2D eigenvalue weighted by Gasteiger charge is 2.41. The third-order valence-electron chi connectivity index (χ3n) is 7.65. The Labute approximate surface area is 232 Å². The van der Waals surface area contributed by atoms with E-state index in [9.17, 15) is 9.59 Å². The van der Waals surface area contributed by atoms with Gasteiger partial charge in [-0.2, -0.15) is 0 Å². The van der Waals surface area contributed by atoms with E-state index in [1.165, 1.54) is 10.5 Å². The zero-order valence-electron chi connectivity index (χ0n) is 23.2. The van der Waals surface area contributed by atoms with E-state index >= 15 is 0 Å². The second kappa shape index (κ2) is 9.45. The van der Waals surface area contributed by atoms with E-state index in [4.69, 9.17) is 9.47 Å². The van der Waals surface area contributed by atoms with Gasteiger partial charge in [0.2, 0.25) is 0 Å². The average Bonchev–Trinajstić information content (AvgIpc) is 3.62. The number of carbonyl (C=O) groups is 2. The van der Waals surface area contributed by atoms with Crippen LogP contribution in [0, 0.1) is 0 Å². The molecule has 5 aromatic rings. The van der Waals surface area contributed by atoms with Crippen molar-refractivity contribution in [3.63, 3.8) is 0 Å². The Hall–Kier alpha value is -4.78. The molecular weight excluding hydrogens is 502 g/mol. The molecule has 6 rings (SSSR count). The van der Waals surface area contributed by atoms with Gasteiger partial charge in [-0.15, -0.1) is 0 Å². The van der Waals surface area contributed by atoms with Crippen LogP contribution in [0.3, 0.4) is 0 Å². The Balaban J connectivity index is 1.51. The van der Waals surface area contributed by atoms with Crippen LogP contribution in [0.5, 0.6) is 11.5 Å². The molecule has 0 saturated heterocycles. The van der Waals surface area contributed by atoms with Crippen molar-refractivity contribution in [2.24, 2.45) is 0 Å². The van der Waals surface area contributed by atoms with Crippen LogP contribution in [-0.4, -0.2) is 40.9 Å². The lowest BCUT2D eigenvalue weighted by molar-refractivity contribution is -0.136. The van der Waals surface area contributed by atoms with Gasteiger partial charge in [-0.25, -0.2) is 0 Å². The van der Waals surface area contributed by atoms with Crippen molar-refractivity contribution in [3.05, 3.63) is 95.3 Å². The number of imide groups is 1. The number of nitrogens with zero attached hydrogens (tertiary/aromatic N) is 1. The number of fused-ring (bicyclic) bond motifs is 2. The Morgan fingerprint density at radius 3 is 1.60 bits per heavy atom. The van der Waals surface area contributed by atoms with Crippen molar-refractivity contribution in [3.8, 4) is 11.5 Å². The molecule has 0 atom stereocenters. The third-order valence-corrected chi connectivity index (χ3v) is 7.65. The highest BCUT2D eigenvalue weighted by molar-refractivity contribution is 6.50. The van der Waals surface area contributed by atoms with E-state index in [1.54, 1.807) is 26.6 Å². The SMILES string of the molecule is COc1ccc2[nH]cc(C3=C(c4c[nH]c5ccc(OC)cc45)C(=O)N(Cc4ccc(C(C)(C)C)cc4)C3=O)c2c1. The minimum Gasteiger partial charge on any atom is -0.497 e. The topological polar surface area (TPSA) is 87.4 Å². The molecule has 0 unspecified atom stereocenters. The van der Waals surface area contributed by atoms with Crippen LogP contribution >= 0.6 is 0 Å². The fourth-order valence-electron chi connectivity index (χ4n) is 5.38. The standard InChI is InChI=1S/C33H31N3O4/c1-33(2,3)20-8-6-19(7-9-20)18-36-31(37)29(25-16-34-27-12-10-21(39-4)14-23(25)27)30(32(36)38)26-17-35-28-13-11-22(40-5)15-24(26)28/h6-17,34-35H,18H2,1-5H3. The lowest BCUT2D eigenvalue weighted by Crippen LogP contribution is -2.31. The second-order valence-corrected chi connectivity index (χ2v) is 11.1. The summed E-state index contributed by atoms with van der Waals surface area (Å²) in [4.78, 5) is 36.2. The monoisotopic (exact) mass is 533 g/mol. The number of hydrogen-bond donors (Lipinski definition) is 2. The Morgan fingerprint density at radius 2 is 1.18 bits per heavy atom. The Bertz CT molecular complexity index is 1710. The number of aromatic amines is 2. The predicted molar refractivity (Wildman–Crippen MR) is 157 cm³/mol. The number of H-pyrrole nitrogens is 2. The summed E-state index contributed by atoms with van der Waals surface area (Å²) in [6.45, 7) is 6.64. The van der Waals surface area contributed by atoms with E-state index < -0.39 is 0 Å². The first-order valence-electron chi connectivity index (χ1n) is 13.2. The van der Waals surface area contributed by atoms with E-state index in [-0.39, 0.29) is 23.8 Å². The number of ether oxygens (including phenoxy) is 2. The number of rotatable bonds is 6. The summed E-state index contributed by atoms with van der Waals surface area (Å²) in [6.07, 6.45) is 3.59. The van der Waals surface area contributed by atoms with Crippen LogP contribution in [0.15, 0.2) is 73.1 Å². The number of hydrogen-bond acceptors (Lipinski definition) is 4. The molecule has 0 bridgehead atoms. The summed E-state index contributed by atoms with van der Waals surface area (Å²) in [5, 5.41) is 1.61. The van der Waals surface area contributed by atoms with Crippen LogP contribution in [0.25, 0.3) is 33.0 Å². The third kappa shape index (κ3) is 4.14. The molecule has 2 aromatic heterocycles. The van der Waals surface area contributed by atoms with E-state index in [0.29, 0.717) is 33.8 Å². The molecule has 1 aliphatic heterocycles. The first-order valence-corrected chi connectivity index (χ1v) is 13.2. The van der Waals surface area contributed by atoms with Crippen LogP contribution < -0.4 is 9.47 Å². The fraction of sp³-hybridized carbons (Fsp3) is 0.212. The lowest BCUT2D eigenvalue weighted by atomic mass is 9.87. The van der Waals surface area contributed by atoms with Crippen LogP contribution in [0.2, 0.25) is 0 Å². The normalized spacial score (nSPS) is 14.2. The van der Waals surface area contributed by atoms with Crippen molar-refractivity contribution < 1.29 is 19.1 Å². The zero-order chi connectivity index (χ0) is 28.2. The first kappa shape index (κ1) is 25.5. The second-order valence-electron chi connectivity index (χ2n) is 11.1. The summed E-state index contributed by atoms with van der Waals surface area (Å²) >= 11 is 0. The summed E-state index contributed by atoms with van der Waals surface area (Å²) in [5.74, 6) is 0.668. The minimum absolute atomic E-state index is 0.00645. The molecule has 0 spiro atoms. The highest BCUT2D eigenvalue weighted by Crippen LogP contribution is 2.42. The maximum absolute atomic E-state index is 14.2. The van der Waals surface area contributed by atoms with Gasteiger partial charge in [0.1, 0.15) is 11.5 Å². The van der Waals surface area contributed by atoms with Gasteiger partial charge < -0.3 is 19.4 Å². The molecule has 2 N–H and O–H groups in total. The van der Waals surface area contributed by atoms with Crippen molar-refractivity contribution >= 4 is 44.8 Å². The van der Waals surface area contributed by atoms with Crippen molar-refractivity contribution in [2.45, 2.75) is 32.7 Å². The quantitative estimate of drug-likeness (QED) is 0.246. The van der Waals surface area contributed by atoms with Gasteiger partial charge in [-0.3, -0.25) is 14.5 Å². The summed E-state index contributed by atoms with van der Waals surface area (Å²) in [5.41, 5.74) is 5.81. The zero-order valence-corrected chi connectivity index (χ0v) is 23.2. The molecule has 3 aromatic carbocycles. The fourth-order valence-corrected chi connectivity index (χ4v) is 5.38. The minimum atomic E-state index is -0.333. The molecule has 0 fully saturated rings. The summed E-state index contributed by atoms with van der Waals surface area (Å²) in [6, 6.07) is 19.4. The van der Waals surface area contributed by atoms with Crippen LogP contribution in [0.1, 0.15) is 43.0 Å². The Morgan fingerprint density at radius 1 is 0.700 bits per heavy atom. The van der Waals surface area contributed by atoms with Crippen molar-refractivity contribution in [1.29, 1.82) is 0 Å². The highest BCUT2D eigenvalue weighted by atomic mass is 16.5. The summed E-state index contributed by atoms with van der Waals surface area (Å²) in [7, 11) is 3.21. The molecule has 2 amide bonds. The first-order chi connectivity index (χ1) is 19.2. The number of carbonyl (C=O) groups excluding carboxylic acids is 2. The molecule has 40 heavy (non-hydrogen) atoms. The smallest absolute Gasteiger partial charge is 0.262 e. The average molecular weight is 534 g/mol. The number of benzene rings is 3. The van der Waals surface area contributed by atoms with Gasteiger partial charge >= 0.3 is 0 Å². The predicted octanol–water partition coefficient (Wildman–Crippen LogP) is 6.44. The molecular formula is C33H31N3O4.